The van der Waals surface area contributed by atoms with E-state index in [1.807, 2.05) is 80.5 Å². The first-order chi connectivity index (χ1) is 17.9. The number of likely N-dealkylation sites (N-methyl/N-ethyl adjacent to an activating group) is 1. The van der Waals surface area contributed by atoms with Crippen LogP contribution >= 0.6 is 0 Å². The second-order valence-electron chi connectivity index (χ2n) is 9.10. The van der Waals surface area contributed by atoms with Gasteiger partial charge in [0.2, 0.25) is 0 Å². The molecule has 1 saturated heterocycles. The molecule has 7 heteroatoms. The van der Waals surface area contributed by atoms with Crippen LogP contribution in [-0.4, -0.2) is 60.4 Å². The minimum atomic E-state index is -0.713. The van der Waals surface area contributed by atoms with Gasteiger partial charge < -0.3 is 24.4 Å². The van der Waals surface area contributed by atoms with Gasteiger partial charge in [-0.05, 0) is 68.5 Å². The number of carbonyl (C=O) groups is 2. The Balaban J connectivity index is 1.66. The molecule has 1 amide bonds. The van der Waals surface area contributed by atoms with Crippen molar-refractivity contribution in [3.05, 3.63) is 101 Å². The maximum atomic E-state index is 13.2. The molecule has 1 heterocycles. The van der Waals surface area contributed by atoms with E-state index in [2.05, 4.69) is 0 Å². The summed E-state index contributed by atoms with van der Waals surface area (Å²) in [5.41, 5.74) is 2.30. The highest BCUT2D eigenvalue weighted by Crippen LogP contribution is 2.40. The lowest BCUT2D eigenvalue weighted by molar-refractivity contribution is -0.140. The van der Waals surface area contributed by atoms with E-state index in [1.54, 1.807) is 24.3 Å². The zero-order valence-corrected chi connectivity index (χ0v) is 21.4. The first-order valence-corrected chi connectivity index (χ1v) is 12.3. The molecule has 4 rings (SSSR count). The molecule has 1 unspecified atom stereocenters. The molecule has 37 heavy (non-hydrogen) atoms. The molecule has 1 aliphatic rings. The Kier molecular flexibility index (Phi) is 8.25. The fraction of sp³-hybridized carbons (Fsp3) is 0.267. The van der Waals surface area contributed by atoms with Crippen LogP contribution < -0.4 is 9.47 Å². The molecular weight excluding hydrogens is 468 g/mol. The van der Waals surface area contributed by atoms with Crippen LogP contribution in [0, 0.1) is 0 Å². The second-order valence-corrected chi connectivity index (χ2v) is 9.10. The van der Waals surface area contributed by atoms with E-state index < -0.39 is 17.7 Å². The summed E-state index contributed by atoms with van der Waals surface area (Å²) in [7, 11) is 3.81. The number of aliphatic hydroxyl groups excluding tert-OH is 1. The summed E-state index contributed by atoms with van der Waals surface area (Å²) in [4.78, 5) is 29.7. The largest absolute Gasteiger partial charge is 0.507 e. The van der Waals surface area contributed by atoms with E-state index >= 15 is 0 Å². The van der Waals surface area contributed by atoms with Gasteiger partial charge in [-0.25, -0.2) is 0 Å². The fourth-order valence-corrected chi connectivity index (χ4v) is 4.28. The number of benzene rings is 3. The maximum Gasteiger partial charge on any atom is 0.295 e. The average molecular weight is 501 g/mol. The molecule has 3 aromatic carbocycles. The van der Waals surface area contributed by atoms with Crippen LogP contribution in [0.3, 0.4) is 0 Å². The molecule has 0 radical (unpaired) electrons. The standard InChI is InChI=1S/C30H32N2O5/c1-4-36-24-16-12-23(13-17-24)28(33)26-27(32(19-18-31(2)3)30(35)29(26)34)22-10-14-25(15-11-22)37-20-21-8-6-5-7-9-21/h5-17,27,33H,4,18-20H2,1-3H3. The Morgan fingerprint density at radius 2 is 1.51 bits per heavy atom. The number of nitrogens with zero attached hydrogens (tertiary/aromatic N) is 2. The highest BCUT2D eigenvalue weighted by molar-refractivity contribution is 6.46. The monoisotopic (exact) mass is 500 g/mol. The lowest BCUT2D eigenvalue weighted by Crippen LogP contribution is -2.35. The van der Waals surface area contributed by atoms with E-state index in [0.29, 0.717) is 43.4 Å². The van der Waals surface area contributed by atoms with E-state index in [4.69, 9.17) is 9.47 Å². The number of hydrogen-bond acceptors (Lipinski definition) is 6. The summed E-state index contributed by atoms with van der Waals surface area (Å²) < 4.78 is 11.4. The van der Waals surface area contributed by atoms with Crippen LogP contribution in [0.25, 0.3) is 5.76 Å². The summed E-state index contributed by atoms with van der Waals surface area (Å²) in [5.74, 6) is -0.191. The number of carbonyl (C=O) groups excluding carboxylic acids is 2. The van der Waals surface area contributed by atoms with Gasteiger partial charge in [0.05, 0.1) is 18.2 Å². The number of rotatable bonds is 10. The van der Waals surface area contributed by atoms with Crippen LogP contribution in [0.2, 0.25) is 0 Å². The molecule has 1 atom stereocenters. The van der Waals surface area contributed by atoms with Crippen molar-refractivity contribution in [1.82, 2.24) is 9.80 Å². The number of aliphatic hydroxyl groups is 1. The summed E-state index contributed by atoms with van der Waals surface area (Å²) >= 11 is 0. The Morgan fingerprint density at radius 1 is 0.892 bits per heavy atom. The summed E-state index contributed by atoms with van der Waals surface area (Å²) in [6.45, 7) is 3.76. The smallest absolute Gasteiger partial charge is 0.295 e. The summed E-state index contributed by atoms with van der Waals surface area (Å²) in [6, 6.07) is 23.3. The number of ether oxygens (including phenoxy) is 2. The lowest BCUT2D eigenvalue weighted by Gasteiger charge is -2.26. The first kappa shape index (κ1) is 26.0. The van der Waals surface area contributed by atoms with Crippen molar-refractivity contribution in [1.29, 1.82) is 0 Å². The minimum Gasteiger partial charge on any atom is -0.507 e. The van der Waals surface area contributed by atoms with E-state index in [1.165, 1.54) is 4.90 Å². The summed E-state index contributed by atoms with van der Waals surface area (Å²) in [5, 5.41) is 11.2. The van der Waals surface area contributed by atoms with E-state index in [0.717, 1.165) is 11.1 Å². The molecule has 1 N–H and O–H groups in total. The highest BCUT2D eigenvalue weighted by atomic mass is 16.5. The first-order valence-electron chi connectivity index (χ1n) is 12.3. The van der Waals surface area contributed by atoms with Gasteiger partial charge in [0.25, 0.3) is 11.7 Å². The predicted molar refractivity (Wildman–Crippen MR) is 142 cm³/mol. The highest BCUT2D eigenvalue weighted by Gasteiger charge is 2.45. The van der Waals surface area contributed by atoms with Crippen molar-refractivity contribution >= 4 is 17.4 Å². The molecule has 0 spiro atoms. The van der Waals surface area contributed by atoms with Crippen molar-refractivity contribution in [3.8, 4) is 11.5 Å². The van der Waals surface area contributed by atoms with Gasteiger partial charge in [-0.15, -0.1) is 0 Å². The van der Waals surface area contributed by atoms with Crippen LogP contribution in [0.15, 0.2) is 84.4 Å². The van der Waals surface area contributed by atoms with Crippen LogP contribution in [-0.2, 0) is 16.2 Å². The van der Waals surface area contributed by atoms with Crippen molar-refractivity contribution in [2.24, 2.45) is 0 Å². The molecule has 0 aromatic heterocycles. The Labute approximate surface area is 217 Å². The van der Waals surface area contributed by atoms with Gasteiger partial charge in [-0.2, -0.15) is 0 Å². The molecular formula is C30H32N2O5. The van der Waals surface area contributed by atoms with Gasteiger partial charge >= 0.3 is 0 Å². The molecule has 7 nitrogen and oxygen atoms in total. The van der Waals surface area contributed by atoms with Crippen LogP contribution in [0.1, 0.15) is 29.7 Å². The Morgan fingerprint density at radius 3 is 2.14 bits per heavy atom. The molecule has 0 saturated carbocycles. The number of likely N-dealkylation sites (tertiary alicyclic amines) is 1. The number of hydrogen-bond donors (Lipinski definition) is 1. The van der Waals surface area contributed by atoms with Crippen molar-refractivity contribution in [2.45, 2.75) is 19.6 Å². The average Bonchev–Trinajstić information content (AvgIpc) is 3.16. The zero-order valence-electron chi connectivity index (χ0n) is 21.4. The topological polar surface area (TPSA) is 79.3 Å². The van der Waals surface area contributed by atoms with Crippen molar-refractivity contribution in [2.75, 3.05) is 33.8 Å². The minimum absolute atomic E-state index is 0.0749. The van der Waals surface area contributed by atoms with Crippen molar-refractivity contribution < 1.29 is 24.2 Å². The molecule has 1 fully saturated rings. The predicted octanol–water partition coefficient (Wildman–Crippen LogP) is 4.65. The van der Waals surface area contributed by atoms with E-state index in [-0.39, 0.29) is 11.3 Å². The lowest BCUT2D eigenvalue weighted by atomic mass is 9.95. The number of ketones is 1. The third-order valence-electron chi connectivity index (χ3n) is 6.21. The summed E-state index contributed by atoms with van der Waals surface area (Å²) in [6.07, 6.45) is 0. The number of amides is 1. The van der Waals surface area contributed by atoms with Gasteiger partial charge in [0.1, 0.15) is 23.9 Å². The Hall–Kier alpha value is -4.10. The fourth-order valence-electron chi connectivity index (χ4n) is 4.28. The molecule has 3 aromatic rings. The normalized spacial score (nSPS) is 16.9. The molecule has 0 aliphatic carbocycles. The maximum absolute atomic E-state index is 13.2. The van der Waals surface area contributed by atoms with Gasteiger partial charge in [-0.3, -0.25) is 9.59 Å². The molecule has 192 valence electrons. The number of Topliss-reactive ketones (excluding diaryl/α,β-unsaturated/α-hetero) is 1. The second kappa shape index (κ2) is 11.8. The third kappa shape index (κ3) is 6.01. The third-order valence-corrected chi connectivity index (χ3v) is 6.21. The molecule has 0 bridgehead atoms. The van der Waals surface area contributed by atoms with E-state index in [9.17, 15) is 14.7 Å². The van der Waals surface area contributed by atoms with Gasteiger partial charge in [0, 0.05) is 18.7 Å². The van der Waals surface area contributed by atoms with Gasteiger partial charge in [-0.1, -0.05) is 42.5 Å². The van der Waals surface area contributed by atoms with Crippen LogP contribution in [0.4, 0.5) is 0 Å². The zero-order chi connectivity index (χ0) is 26.4. The quantitative estimate of drug-likeness (QED) is 0.248. The van der Waals surface area contributed by atoms with Crippen LogP contribution in [0.5, 0.6) is 11.5 Å². The van der Waals surface area contributed by atoms with Gasteiger partial charge in [0.15, 0.2) is 0 Å². The SMILES string of the molecule is CCOc1ccc(C(O)=C2C(=O)C(=O)N(CCN(C)C)C2c2ccc(OCc3ccccc3)cc2)cc1. The molecule has 1 aliphatic heterocycles. The Bertz CT molecular complexity index is 1250. The van der Waals surface area contributed by atoms with Crippen molar-refractivity contribution in [3.63, 3.8) is 0 Å².